The van der Waals surface area contributed by atoms with Gasteiger partial charge in [-0.05, 0) is 89.3 Å². The number of rotatable bonds is 11. The number of aryl methyl sites for hydroxylation is 1. The third kappa shape index (κ3) is 8.18. The molecule has 1 amide bonds. The minimum Gasteiger partial charge on any atom is -0.474 e. The van der Waals surface area contributed by atoms with Gasteiger partial charge in [0.05, 0.1) is 17.2 Å². The zero-order valence-electron chi connectivity index (χ0n) is 27.3. The molecule has 12 heteroatoms. The number of thiophene rings is 1. The van der Waals surface area contributed by atoms with Crippen LogP contribution in [-0.2, 0) is 22.6 Å². The zero-order valence-corrected chi connectivity index (χ0v) is 29.2. The molecule has 1 unspecified atom stereocenters. The van der Waals surface area contributed by atoms with E-state index in [4.69, 9.17) is 14.2 Å². The molecule has 3 heterocycles. The highest BCUT2D eigenvalue weighted by Crippen LogP contribution is 2.49. The molecule has 0 aromatic carbocycles. The number of hydrogen-bond acceptors (Lipinski definition) is 9. The molecule has 2 atom stereocenters. The highest BCUT2D eigenvalue weighted by Gasteiger charge is 2.34. The Morgan fingerprint density at radius 2 is 1.93 bits per heavy atom. The van der Waals surface area contributed by atoms with E-state index in [1.165, 1.54) is 10.4 Å². The fourth-order valence-electron chi connectivity index (χ4n) is 6.11. The summed E-state index contributed by atoms with van der Waals surface area (Å²) in [7, 11) is 0.689. The van der Waals surface area contributed by atoms with Crippen molar-refractivity contribution in [3.8, 4) is 5.88 Å². The molecule has 10 nitrogen and oxygen atoms in total. The standard InChI is InChI=1S/C32H49N5O5SSi/c1-32(2,3)42-31(39)36(4)22-9-11-23(12-10-22)41-29-28-27-21(8-13-26(27)43-30(28)34-19-33-29)18-25(38)24-14-15-37(35-24)20-40-16-17-44(5,6)7/h14-15,19,21-23,25,38H,8-13,16-18,20H2,1-7H3/t21-,22-,23-,25?/m1/s1. The largest absolute Gasteiger partial charge is 0.474 e. The third-order valence-electron chi connectivity index (χ3n) is 8.58. The Morgan fingerprint density at radius 3 is 2.64 bits per heavy atom. The maximum absolute atomic E-state index is 12.6. The zero-order chi connectivity index (χ0) is 31.6. The van der Waals surface area contributed by atoms with Gasteiger partial charge >= 0.3 is 6.09 Å². The number of nitrogens with zero attached hydrogens (tertiary/aromatic N) is 5. The predicted molar refractivity (Wildman–Crippen MR) is 175 cm³/mol. The Morgan fingerprint density at radius 1 is 1.18 bits per heavy atom. The van der Waals surface area contributed by atoms with Crippen LogP contribution in [0.4, 0.5) is 4.79 Å². The first-order valence-electron chi connectivity index (χ1n) is 16.0. The maximum Gasteiger partial charge on any atom is 0.410 e. The minimum atomic E-state index is -1.14. The lowest BCUT2D eigenvalue weighted by atomic mass is 9.92. The summed E-state index contributed by atoms with van der Waals surface area (Å²) < 4.78 is 19.7. The van der Waals surface area contributed by atoms with Crippen molar-refractivity contribution >= 4 is 35.7 Å². The Labute approximate surface area is 266 Å². The number of amides is 1. The normalized spacial score (nSPS) is 21.3. The van der Waals surface area contributed by atoms with Crippen LogP contribution in [-0.4, -0.2) is 75.3 Å². The van der Waals surface area contributed by atoms with Crippen LogP contribution in [0.1, 0.15) is 87.5 Å². The van der Waals surface area contributed by atoms with Crippen LogP contribution in [0, 0.1) is 0 Å². The molecule has 2 aliphatic rings. The number of ether oxygens (including phenoxy) is 3. The van der Waals surface area contributed by atoms with E-state index < -0.39 is 19.8 Å². The van der Waals surface area contributed by atoms with Crippen LogP contribution < -0.4 is 4.74 Å². The molecule has 0 bridgehead atoms. The van der Waals surface area contributed by atoms with Gasteiger partial charge in [0.15, 0.2) is 0 Å². The quantitative estimate of drug-likeness (QED) is 0.177. The number of aromatic nitrogens is 4. The topological polar surface area (TPSA) is 112 Å². The summed E-state index contributed by atoms with van der Waals surface area (Å²) in [6, 6.07) is 3.14. The van der Waals surface area contributed by atoms with Crippen molar-refractivity contribution in [1.82, 2.24) is 24.6 Å². The van der Waals surface area contributed by atoms with E-state index in [0.717, 1.165) is 61.4 Å². The van der Waals surface area contributed by atoms with Gasteiger partial charge in [0, 0.05) is 38.8 Å². The first kappa shape index (κ1) is 32.8. The summed E-state index contributed by atoms with van der Waals surface area (Å²) in [6.45, 7) is 13.8. The van der Waals surface area contributed by atoms with Crippen LogP contribution in [0.3, 0.4) is 0 Å². The van der Waals surface area contributed by atoms with Gasteiger partial charge < -0.3 is 24.2 Å². The predicted octanol–water partition coefficient (Wildman–Crippen LogP) is 6.91. The Balaban J connectivity index is 1.21. The molecule has 2 aliphatic carbocycles. The average molecular weight is 644 g/mol. The molecule has 44 heavy (non-hydrogen) atoms. The van der Waals surface area contributed by atoms with Crippen LogP contribution in [0.5, 0.6) is 5.88 Å². The molecular formula is C32H49N5O5SSi. The van der Waals surface area contributed by atoms with Gasteiger partial charge in [-0.3, -0.25) is 0 Å². The molecule has 242 valence electrons. The molecule has 1 N–H and O–H groups in total. The molecule has 1 fully saturated rings. The van der Waals surface area contributed by atoms with Crippen molar-refractivity contribution in [2.45, 2.75) is 128 Å². The fourth-order valence-corrected chi connectivity index (χ4v) is 8.10. The third-order valence-corrected chi connectivity index (χ3v) is 11.5. The summed E-state index contributed by atoms with van der Waals surface area (Å²) in [5.74, 6) is 0.816. The molecule has 0 saturated heterocycles. The first-order chi connectivity index (χ1) is 20.8. The molecule has 3 aromatic heterocycles. The molecule has 3 aromatic rings. The van der Waals surface area contributed by atoms with Gasteiger partial charge in [-0.1, -0.05) is 19.6 Å². The highest BCUT2D eigenvalue weighted by atomic mass is 32.1. The highest BCUT2D eigenvalue weighted by molar-refractivity contribution is 7.19. The second kappa shape index (κ2) is 13.4. The summed E-state index contributed by atoms with van der Waals surface area (Å²) in [5, 5.41) is 16.8. The lowest BCUT2D eigenvalue weighted by Crippen LogP contribution is -2.43. The Bertz CT molecular complexity index is 1420. The van der Waals surface area contributed by atoms with Gasteiger partial charge in [-0.25, -0.2) is 19.4 Å². The molecule has 0 radical (unpaired) electrons. The van der Waals surface area contributed by atoms with Crippen LogP contribution in [0.15, 0.2) is 18.6 Å². The van der Waals surface area contributed by atoms with Crippen LogP contribution >= 0.6 is 11.3 Å². The van der Waals surface area contributed by atoms with Gasteiger partial charge in [0.25, 0.3) is 0 Å². The van der Waals surface area contributed by atoms with E-state index in [2.05, 4.69) is 34.7 Å². The second-order valence-corrected chi connectivity index (χ2v) is 21.3. The van der Waals surface area contributed by atoms with Crippen molar-refractivity contribution in [2.75, 3.05) is 13.7 Å². The number of hydrogen-bond donors (Lipinski definition) is 1. The SMILES string of the molecule is CN(C(=O)OC(C)(C)C)[C@H]1CC[C@H](Oc2ncnc3sc4c(c23)[C@@H](CC(O)c2ccn(COCC[Si](C)(C)C)n2)CC4)CC1. The van der Waals surface area contributed by atoms with E-state index >= 15 is 0 Å². The van der Waals surface area contributed by atoms with Gasteiger partial charge in [-0.15, -0.1) is 11.3 Å². The van der Waals surface area contributed by atoms with Gasteiger partial charge in [0.1, 0.15) is 29.6 Å². The molecule has 0 spiro atoms. The Kier molecular flexibility index (Phi) is 10.0. The van der Waals surface area contributed by atoms with E-state index in [-0.39, 0.29) is 24.2 Å². The molecular weight excluding hydrogens is 595 g/mol. The van der Waals surface area contributed by atoms with Crippen LogP contribution in [0.25, 0.3) is 10.2 Å². The number of aliphatic hydroxyl groups excluding tert-OH is 1. The summed E-state index contributed by atoms with van der Waals surface area (Å²) >= 11 is 1.71. The van der Waals surface area contributed by atoms with E-state index in [9.17, 15) is 9.90 Å². The average Bonchev–Trinajstić information content (AvgIpc) is 3.66. The van der Waals surface area contributed by atoms with Crippen molar-refractivity contribution in [3.05, 3.63) is 34.7 Å². The number of carbonyl (C=O) groups is 1. The summed E-state index contributed by atoms with van der Waals surface area (Å²) in [6.07, 6.45) is 8.44. The van der Waals surface area contributed by atoms with Crippen molar-refractivity contribution in [3.63, 3.8) is 0 Å². The number of fused-ring (bicyclic) bond motifs is 3. The van der Waals surface area contributed by atoms with Crippen molar-refractivity contribution in [1.29, 1.82) is 0 Å². The Hall–Kier alpha value is -2.54. The van der Waals surface area contributed by atoms with E-state index in [0.29, 0.717) is 24.7 Å². The van der Waals surface area contributed by atoms with E-state index in [1.807, 2.05) is 40.1 Å². The fraction of sp³-hybridized carbons (Fsp3) is 0.688. The summed E-state index contributed by atoms with van der Waals surface area (Å²) in [5.41, 5.74) is 1.39. The van der Waals surface area contributed by atoms with Gasteiger partial charge in [0.2, 0.25) is 5.88 Å². The number of carbonyl (C=O) groups excluding carboxylic acids is 1. The summed E-state index contributed by atoms with van der Waals surface area (Å²) in [4.78, 5) is 25.7. The minimum absolute atomic E-state index is 0.0225. The monoisotopic (exact) mass is 643 g/mol. The number of aliphatic hydroxyl groups is 1. The van der Waals surface area contributed by atoms with Crippen molar-refractivity contribution < 1.29 is 24.1 Å². The molecule has 5 rings (SSSR count). The maximum atomic E-state index is 12.6. The lowest BCUT2D eigenvalue weighted by molar-refractivity contribution is 0.0137. The van der Waals surface area contributed by atoms with E-state index in [1.54, 1.807) is 27.2 Å². The first-order valence-corrected chi connectivity index (χ1v) is 20.5. The van der Waals surface area contributed by atoms with Gasteiger partial charge in [-0.2, -0.15) is 5.10 Å². The second-order valence-electron chi connectivity index (χ2n) is 14.6. The lowest BCUT2D eigenvalue weighted by Gasteiger charge is -2.35. The van der Waals surface area contributed by atoms with Crippen LogP contribution in [0.2, 0.25) is 25.7 Å². The smallest absolute Gasteiger partial charge is 0.410 e. The van der Waals surface area contributed by atoms with Crippen molar-refractivity contribution in [2.24, 2.45) is 0 Å². The molecule has 1 saturated carbocycles. The molecule has 0 aliphatic heterocycles.